The first-order chi connectivity index (χ1) is 10.4. The van der Waals surface area contributed by atoms with E-state index < -0.39 is 23.4 Å². The normalized spacial score (nSPS) is 12.3. The van der Waals surface area contributed by atoms with Gasteiger partial charge in [-0.25, -0.2) is 0 Å². The van der Waals surface area contributed by atoms with Crippen molar-refractivity contribution in [3.8, 4) is 0 Å². The Morgan fingerprint density at radius 3 is 2.45 bits per heavy atom. The van der Waals surface area contributed by atoms with E-state index in [0.29, 0.717) is 6.29 Å². The molecule has 1 atom stereocenters. The van der Waals surface area contributed by atoms with Crippen LogP contribution in [-0.2, 0) is 30.5 Å². The summed E-state index contributed by atoms with van der Waals surface area (Å²) < 4.78 is 10.0. The van der Waals surface area contributed by atoms with Gasteiger partial charge in [0, 0.05) is 6.42 Å². The van der Waals surface area contributed by atoms with E-state index in [1.54, 1.807) is 0 Å². The van der Waals surface area contributed by atoms with Crippen LogP contribution in [0.25, 0.3) is 0 Å². The van der Waals surface area contributed by atoms with Gasteiger partial charge in [0.15, 0.2) is 0 Å². The van der Waals surface area contributed by atoms with E-state index in [9.17, 15) is 14.4 Å². The van der Waals surface area contributed by atoms with Gasteiger partial charge in [0.25, 0.3) is 0 Å². The number of hydrogen-bond donors (Lipinski definition) is 1. The minimum absolute atomic E-state index is 0.0504. The summed E-state index contributed by atoms with van der Waals surface area (Å²) in [6.45, 7) is 3.10. The zero-order valence-corrected chi connectivity index (χ0v) is 12.8. The van der Waals surface area contributed by atoms with Crippen molar-refractivity contribution in [1.82, 2.24) is 0 Å². The number of esters is 2. The summed E-state index contributed by atoms with van der Waals surface area (Å²) >= 11 is 0. The number of benzene rings is 1. The van der Waals surface area contributed by atoms with Crippen molar-refractivity contribution in [2.75, 3.05) is 6.61 Å². The lowest BCUT2D eigenvalue weighted by atomic mass is 9.85. The molecule has 2 N–H and O–H groups in total. The monoisotopic (exact) mass is 307 g/mol. The molecule has 0 saturated heterocycles. The molecule has 0 aromatic heterocycles. The Labute approximate surface area is 129 Å². The summed E-state index contributed by atoms with van der Waals surface area (Å²) in [4.78, 5) is 34.1. The molecule has 0 heterocycles. The molecule has 120 valence electrons. The second kappa shape index (κ2) is 8.29. The Morgan fingerprint density at radius 2 is 1.86 bits per heavy atom. The SMILES string of the molecule is CC(C)(C(=O)OCc1ccccc1)[C@H](N)C(=O)OCCC=O. The molecule has 0 spiro atoms. The number of ether oxygens (including phenoxy) is 2. The highest BCUT2D eigenvalue weighted by molar-refractivity contribution is 5.87. The van der Waals surface area contributed by atoms with Crippen LogP contribution in [0.1, 0.15) is 25.8 Å². The lowest BCUT2D eigenvalue weighted by molar-refractivity contribution is -0.163. The Kier molecular flexibility index (Phi) is 6.72. The Morgan fingerprint density at radius 1 is 1.23 bits per heavy atom. The highest BCUT2D eigenvalue weighted by Gasteiger charge is 2.41. The third-order valence-electron chi connectivity index (χ3n) is 3.25. The summed E-state index contributed by atoms with van der Waals surface area (Å²) in [7, 11) is 0. The minimum atomic E-state index is -1.23. The molecule has 0 amide bonds. The van der Waals surface area contributed by atoms with Gasteiger partial charge >= 0.3 is 11.9 Å². The lowest BCUT2D eigenvalue weighted by Gasteiger charge is -2.27. The topological polar surface area (TPSA) is 95.7 Å². The van der Waals surface area contributed by atoms with E-state index in [1.165, 1.54) is 13.8 Å². The molecule has 0 unspecified atom stereocenters. The van der Waals surface area contributed by atoms with Crippen molar-refractivity contribution in [3.05, 3.63) is 35.9 Å². The number of rotatable bonds is 8. The molecule has 0 aliphatic rings. The second-order valence-corrected chi connectivity index (χ2v) is 5.38. The molecule has 22 heavy (non-hydrogen) atoms. The lowest BCUT2D eigenvalue weighted by Crippen LogP contribution is -2.50. The maximum atomic E-state index is 12.1. The number of hydrogen-bond acceptors (Lipinski definition) is 6. The van der Waals surface area contributed by atoms with Gasteiger partial charge in [-0.1, -0.05) is 30.3 Å². The van der Waals surface area contributed by atoms with Gasteiger partial charge in [-0.2, -0.15) is 0 Å². The second-order valence-electron chi connectivity index (χ2n) is 5.38. The van der Waals surface area contributed by atoms with Crippen LogP contribution in [0.3, 0.4) is 0 Å². The van der Waals surface area contributed by atoms with Crippen LogP contribution in [0.4, 0.5) is 0 Å². The molecular formula is C16H21NO5. The first kappa shape index (κ1) is 17.8. The van der Waals surface area contributed by atoms with Crippen LogP contribution in [0.5, 0.6) is 0 Å². The summed E-state index contributed by atoms with van der Waals surface area (Å²) in [6, 6.07) is 8.03. The maximum Gasteiger partial charge on any atom is 0.324 e. The van der Waals surface area contributed by atoms with Crippen molar-refractivity contribution >= 4 is 18.2 Å². The van der Waals surface area contributed by atoms with Gasteiger partial charge in [0.05, 0.1) is 12.0 Å². The smallest absolute Gasteiger partial charge is 0.324 e. The first-order valence-electron chi connectivity index (χ1n) is 6.96. The van der Waals surface area contributed by atoms with Crippen molar-refractivity contribution in [1.29, 1.82) is 0 Å². The molecule has 1 rings (SSSR count). The van der Waals surface area contributed by atoms with Crippen LogP contribution >= 0.6 is 0 Å². The molecule has 0 radical (unpaired) electrons. The molecule has 6 nitrogen and oxygen atoms in total. The standard InChI is InChI=1S/C16H21NO5/c1-16(2,13(17)14(19)21-10-6-9-18)15(20)22-11-12-7-4-3-5-8-12/h3-5,7-9,13H,6,10-11,17H2,1-2H3/t13-/m1/s1. The van der Waals surface area contributed by atoms with E-state index in [2.05, 4.69) is 0 Å². The minimum Gasteiger partial charge on any atom is -0.464 e. The average Bonchev–Trinajstić information content (AvgIpc) is 2.52. The van der Waals surface area contributed by atoms with Crippen LogP contribution in [0, 0.1) is 5.41 Å². The Bertz CT molecular complexity index is 513. The van der Waals surface area contributed by atoms with E-state index in [1.807, 2.05) is 30.3 Å². The molecule has 0 saturated carbocycles. The predicted octanol–water partition coefficient (Wildman–Crippen LogP) is 1.22. The van der Waals surface area contributed by atoms with E-state index in [4.69, 9.17) is 15.2 Å². The van der Waals surface area contributed by atoms with Gasteiger partial charge in [-0.05, 0) is 19.4 Å². The van der Waals surface area contributed by atoms with Crippen molar-refractivity contribution < 1.29 is 23.9 Å². The number of carbonyl (C=O) groups excluding carboxylic acids is 3. The molecular weight excluding hydrogens is 286 g/mol. The summed E-state index contributed by atoms with van der Waals surface area (Å²) in [6.07, 6.45) is 0.732. The molecule has 1 aromatic carbocycles. The summed E-state index contributed by atoms with van der Waals surface area (Å²) in [5, 5.41) is 0. The van der Waals surface area contributed by atoms with Crippen LogP contribution in [0.2, 0.25) is 0 Å². The van der Waals surface area contributed by atoms with E-state index >= 15 is 0 Å². The molecule has 0 aliphatic heterocycles. The third kappa shape index (κ3) is 4.96. The number of aldehydes is 1. The highest BCUT2D eigenvalue weighted by atomic mass is 16.5. The van der Waals surface area contributed by atoms with Crippen molar-refractivity contribution in [2.24, 2.45) is 11.1 Å². The third-order valence-corrected chi connectivity index (χ3v) is 3.25. The summed E-state index contributed by atoms with van der Waals surface area (Å²) in [5.41, 5.74) is 5.40. The van der Waals surface area contributed by atoms with Crippen LogP contribution < -0.4 is 5.73 Å². The Balaban J connectivity index is 2.57. The zero-order chi connectivity index (χ0) is 16.6. The quantitative estimate of drug-likeness (QED) is 0.441. The van der Waals surface area contributed by atoms with Gasteiger partial charge in [0.2, 0.25) is 0 Å². The Hall–Kier alpha value is -2.21. The van der Waals surface area contributed by atoms with Gasteiger partial charge in [-0.3, -0.25) is 9.59 Å². The molecule has 1 aromatic rings. The largest absolute Gasteiger partial charge is 0.464 e. The van der Waals surface area contributed by atoms with Gasteiger partial charge in [-0.15, -0.1) is 0 Å². The van der Waals surface area contributed by atoms with Gasteiger partial charge < -0.3 is 20.0 Å². The molecule has 6 heteroatoms. The van der Waals surface area contributed by atoms with Crippen LogP contribution in [-0.4, -0.2) is 30.9 Å². The van der Waals surface area contributed by atoms with E-state index in [0.717, 1.165) is 5.56 Å². The fourth-order valence-electron chi connectivity index (χ4n) is 1.63. The summed E-state index contributed by atoms with van der Waals surface area (Å²) in [5.74, 6) is -1.32. The van der Waals surface area contributed by atoms with Crippen molar-refractivity contribution in [3.63, 3.8) is 0 Å². The maximum absolute atomic E-state index is 12.1. The molecule has 0 bridgehead atoms. The van der Waals surface area contributed by atoms with Crippen LogP contribution in [0.15, 0.2) is 30.3 Å². The fourth-order valence-corrected chi connectivity index (χ4v) is 1.63. The average molecular weight is 307 g/mol. The number of carbonyl (C=O) groups is 3. The fraction of sp³-hybridized carbons (Fsp3) is 0.438. The van der Waals surface area contributed by atoms with Crippen molar-refractivity contribution in [2.45, 2.75) is 32.9 Å². The zero-order valence-electron chi connectivity index (χ0n) is 12.8. The first-order valence-corrected chi connectivity index (χ1v) is 6.96. The number of nitrogens with two attached hydrogens (primary N) is 1. The van der Waals surface area contributed by atoms with Gasteiger partial charge in [0.1, 0.15) is 18.9 Å². The molecule has 0 aliphatic carbocycles. The molecule has 0 fully saturated rings. The van der Waals surface area contributed by atoms with E-state index in [-0.39, 0.29) is 19.6 Å². The highest BCUT2D eigenvalue weighted by Crippen LogP contribution is 2.23. The predicted molar refractivity (Wildman–Crippen MR) is 79.6 cm³/mol.